The van der Waals surface area contributed by atoms with E-state index in [9.17, 15) is 4.79 Å². The maximum atomic E-state index is 9.36. The third kappa shape index (κ3) is 22.6. The Morgan fingerprint density at radius 1 is 1.71 bits per heavy atom. The molecule has 0 radical (unpaired) electrons. The standard InChI is InChI=1S/C2H3IO2.C2H6/c3-1-2(4)5;1-2/h1H2,(H,4,5);1-2H3. The Labute approximate surface area is 57.1 Å². The summed E-state index contributed by atoms with van der Waals surface area (Å²) in [5.41, 5.74) is 0. The van der Waals surface area contributed by atoms with Gasteiger partial charge in [-0.05, 0) is 0 Å². The summed E-state index contributed by atoms with van der Waals surface area (Å²) in [6.07, 6.45) is 0. The molecule has 0 saturated carbocycles. The fourth-order valence-corrected chi connectivity index (χ4v) is 0. The van der Waals surface area contributed by atoms with Crippen LogP contribution in [0.2, 0.25) is 0 Å². The fourth-order valence-electron chi connectivity index (χ4n) is 0. The average molecular weight is 216 g/mol. The first-order valence-corrected chi connectivity index (χ1v) is 3.57. The van der Waals surface area contributed by atoms with Crippen molar-refractivity contribution in [3.63, 3.8) is 0 Å². The van der Waals surface area contributed by atoms with Crippen LogP contribution in [0.3, 0.4) is 0 Å². The summed E-state index contributed by atoms with van der Waals surface area (Å²) in [5.74, 6) is -0.759. The van der Waals surface area contributed by atoms with Gasteiger partial charge in [0.2, 0.25) is 0 Å². The van der Waals surface area contributed by atoms with Gasteiger partial charge in [0, 0.05) is 0 Å². The van der Waals surface area contributed by atoms with E-state index in [1.165, 1.54) is 0 Å². The Morgan fingerprint density at radius 3 is 1.86 bits per heavy atom. The third-order valence-electron chi connectivity index (χ3n) is 0.114. The van der Waals surface area contributed by atoms with Gasteiger partial charge in [0.25, 0.3) is 0 Å². The van der Waals surface area contributed by atoms with Crippen LogP contribution in [0.4, 0.5) is 0 Å². The second-order valence-corrected chi connectivity index (χ2v) is 1.29. The van der Waals surface area contributed by atoms with Crippen molar-refractivity contribution >= 4 is 28.6 Å². The molecule has 0 rings (SSSR count). The number of alkyl halides is 1. The molecular formula is C4H9IO2. The number of halogens is 1. The Hall–Kier alpha value is 0.200. The molecule has 0 atom stereocenters. The first kappa shape index (κ1) is 10.2. The highest BCUT2D eigenvalue weighted by Crippen LogP contribution is 1.75. The molecule has 44 valence electrons. The molecule has 0 aromatic heterocycles. The molecule has 0 saturated heterocycles. The van der Waals surface area contributed by atoms with Crippen LogP contribution in [0.1, 0.15) is 13.8 Å². The molecule has 0 aliphatic rings. The van der Waals surface area contributed by atoms with Crippen molar-refractivity contribution in [2.75, 3.05) is 4.43 Å². The number of aliphatic carboxylic acids is 1. The highest BCUT2D eigenvalue weighted by Gasteiger charge is 1.82. The summed E-state index contributed by atoms with van der Waals surface area (Å²) in [4.78, 5) is 9.36. The summed E-state index contributed by atoms with van der Waals surface area (Å²) < 4.78 is 0.192. The van der Waals surface area contributed by atoms with Gasteiger partial charge in [0.1, 0.15) is 0 Å². The van der Waals surface area contributed by atoms with Gasteiger partial charge in [-0.1, -0.05) is 36.4 Å². The van der Waals surface area contributed by atoms with Gasteiger partial charge in [0.05, 0.1) is 4.43 Å². The van der Waals surface area contributed by atoms with E-state index in [1.54, 1.807) is 22.6 Å². The Bertz CT molecular complexity index is 45.0. The van der Waals surface area contributed by atoms with E-state index >= 15 is 0 Å². The molecule has 0 aromatic carbocycles. The molecule has 2 nitrogen and oxygen atoms in total. The van der Waals surface area contributed by atoms with Crippen molar-refractivity contribution in [1.82, 2.24) is 0 Å². The maximum Gasteiger partial charge on any atom is 0.313 e. The van der Waals surface area contributed by atoms with Crippen molar-refractivity contribution in [2.24, 2.45) is 0 Å². The molecule has 7 heavy (non-hydrogen) atoms. The Kier molecular flexibility index (Phi) is 13.9. The molecule has 3 heteroatoms. The van der Waals surface area contributed by atoms with Crippen LogP contribution in [-0.2, 0) is 4.79 Å². The minimum atomic E-state index is -0.759. The summed E-state index contributed by atoms with van der Waals surface area (Å²) in [6.45, 7) is 4.00. The zero-order chi connectivity index (χ0) is 6.28. The molecule has 1 N–H and O–H groups in total. The molecule has 0 unspecified atom stereocenters. The molecule has 0 amide bonds. The van der Waals surface area contributed by atoms with Gasteiger partial charge in [-0.25, -0.2) is 0 Å². The number of hydrogen-bond donors (Lipinski definition) is 1. The van der Waals surface area contributed by atoms with Crippen LogP contribution in [0.5, 0.6) is 0 Å². The van der Waals surface area contributed by atoms with E-state index in [-0.39, 0.29) is 4.43 Å². The van der Waals surface area contributed by atoms with Crippen molar-refractivity contribution in [1.29, 1.82) is 0 Å². The van der Waals surface area contributed by atoms with Gasteiger partial charge in [-0.3, -0.25) is 4.79 Å². The summed E-state index contributed by atoms with van der Waals surface area (Å²) in [7, 11) is 0. The predicted molar refractivity (Wildman–Crippen MR) is 37.9 cm³/mol. The molecule has 0 fully saturated rings. The largest absolute Gasteiger partial charge is 0.481 e. The topological polar surface area (TPSA) is 37.3 Å². The van der Waals surface area contributed by atoms with Gasteiger partial charge >= 0.3 is 5.97 Å². The summed E-state index contributed by atoms with van der Waals surface area (Å²) in [5, 5.41) is 7.71. The zero-order valence-electron chi connectivity index (χ0n) is 4.44. The fraction of sp³-hybridized carbons (Fsp3) is 0.750. The van der Waals surface area contributed by atoms with E-state index in [1.807, 2.05) is 13.8 Å². The summed E-state index contributed by atoms with van der Waals surface area (Å²) in [6, 6.07) is 0. The highest BCUT2D eigenvalue weighted by atomic mass is 127. The first-order chi connectivity index (χ1) is 3.27. The van der Waals surface area contributed by atoms with Crippen LogP contribution in [-0.4, -0.2) is 15.5 Å². The zero-order valence-corrected chi connectivity index (χ0v) is 6.60. The lowest BCUT2D eigenvalue weighted by atomic mass is 10.9. The Balaban J connectivity index is 0. The Morgan fingerprint density at radius 2 is 1.86 bits per heavy atom. The quantitative estimate of drug-likeness (QED) is 0.533. The van der Waals surface area contributed by atoms with Crippen molar-refractivity contribution < 1.29 is 9.90 Å². The van der Waals surface area contributed by atoms with Gasteiger partial charge in [-0.2, -0.15) is 0 Å². The number of hydrogen-bond acceptors (Lipinski definition) is 1. The van der Waals surface area contributed by atoms with E-state index < -0.39 is 5.97 Å². The van der Waals surface area contributed by atoms with Crippen molar-refractivity contribution in [3.8, 4) is 0 Å². The molecule has 0 spiro atoms. The smallest absolute Gasteiger partial charge is 0.313 e. The van der Waals surface area contributed by atoms with Crippen LogP contribution in [0, 0.1) is 0 Å². The minimum absolute atomic E-state index is 0.192. The molecule has 0 bridgehead atoms. The molecule has 0 aliphatic carbocycles. The lowest BCUT2D eigenvalue weighted by Crippen LogP contribution is -1.91. The van der Waals surface area contributed by atoms with Crippen LogP contribution in [0.15, 0.2) is 0 Å². The van der Waals surface area contributed by atoms with E-state index in [2.05, 4.69) is 0 Å². The molecule has 0 heterocycles. The van der Waals surface area contributed by atoms with Gasteiger partial charge in [0.15, 0.2) is 0 Å². The number of carboxylic acids is 1. The molecule has 0 aromatic rings. The van der Waals surface area contributed by atoms with Crippen molar-refractivity contribution in [2.45, 2.75) is 13.8 Å². The SMILES string of the molecule is CC.O=C(O)CI. The monoisotopic (exact) mass is 216 g/mol. The average Bonchev–Trinajstić information content (AvgIpc) is 1.73. The van der Waals surface area contributed by atoms with Gasteiger partial charge < -0.3 is 5.11 Å². The normalized spacial score (nSPS) is 6.14. The van der Waals surface area contributed by atoms with Crippen LogP contribution >= 0.6 is 22.6 Å². The second-order valence-electron chi connectivity index (χ2n) is 0.527. The lowest BCUT2D eigenvalue weighted by molar-refractivity contribution is -0.133. The van der Waals surface area contributed by atoms with Gasteiger partial charge in [-0.15, -0.1) is 0 Å². The predicted octanol–water partition coefficient (Wildman–Crippen LogP) is 1.53. The van der Waals surface area contributed by atoms with E-state index in [0.717, 1.165) is 0 Å². The van der Waals surface area contributed by atoms with E-state index in [0.29, 0.717) is 0 Å². The number of rotatable bonds is 1. The molecular weight excluding hydrogens is 207 g/mol. The maximum absolute atomic E-state index is 9.36. The number of carboxylic acid groups (broad SMARTS) is 1. The summed E-state index contributed by atoms with van der Waals surface area (Å²) >= 11 is 1.78. The first-order valence-electron chi connectivity index (χ1n) is 2.05. The highest BCUT2D eigenvalue weighted by molar-refractivity contribution is 14.1. The molecule has 0 aliphatic heterocycles. The van der Waals surface area contributed by atoms with E-state index in [4.69, 9.17) is 5.11 Å². The number of carbonyl (C=O) groups is 1. The minimum Gasteiger partial charge on any atom is -0.481 e. The second kappa shape index (κ2) is 9.50. The lowest BCUT2D eigenvalue weighted by Gasteiger charge is -1.70. The van der Waals surface area contributed by atoms with Crippen LogP contribution in [0.25, 0.3) is 0 Å². The van der Waals surface area contributed by atoms with Crippen molar-refractivity contribution in [3.05, 3.63) is 0 Å². The third-order valence-corrected chi connectivity index (χ3v) is 0.767. The van der Waals surface area contributed by atoms with Crippen LogP contribution < -0.4 is 0 Å².